The second-order valence-corrected chi connectivity index (χ2v) is 2.92. The van der Waals surface area contributed by atoms with Crippen LogP contribution in [0, 0.1) is 0 Å². The smallest absolute Gasteiger partial charge is 0.267 e. The van der Waals surface area contributed by atoms with Gasteiger partial charge in [0, 0.05) is 5.75 Å². The molecule has 10 heavy (non-hydrogen) atoms. The van der Waals surface area contributed by atoms with E-state index >= 15 is 0 Å². The normalized spacial score (nSPS) is 22.2. The molecule has 0 aromatic rings. The maximum absolute atomic E-state index is 10.9. The molecule has 0 bridgehead atoms. The number of fused-ring (bicyclic) bond motifs is 1. The number of carbonyl (C=O) groups excluding carboxylic acids is 1. The Labute approximate surface area is 61.9 Å². The molecule has 0 aromatic carbocycles. The van der Waals surface area contributed by atoms with Gasteiger partial charge < -0.3 is 0 Å². The Morgan fingerprint density at radius 2 is 2.50 bits per heavy atom. The van der Waals surface area contributed by atoms with Crippen molar-refractivity contribution >= 4 is 29.1 Å². The molecule has 2 rings (SSSR count). The van der Waals surface area contributed by atoms with Gasteiger partial charge >= 0.3 is 0 Å². The third-order valence-corrected chi connectivity index (χ3v) is 2.25. The van der Waals surface area contributed by atoms with Gasteiger partial charge in [0.05, 0.1) is 5.57 Å². The zero-order valence-corrected chi connectivity index (χ0v) is 5.89. The van der Waals surface area contributed by atoms with Gasteiger partial charge in [0.25, 0.3) is 5.91 Å². The standard InChI is InChI=1S/C6H4N2OS/c9-5-4-1-2-10-6(4)8-3-7-5/h1,3H,2H2. The van der Waals surface area contributed by atoms with Crippen LogP contribution in [0.3, 0.4) is 0 Å². The summed E-state index contributed by atoms with van der Waals surface area (Å²) in [5.74, 6) is 0.693. The number of hydrogen-bond acceptors (Lipinski definition) is 3. The van der Waals surface area contributed by atoms with Gasteiger partial charge in [0.2, 0.25) is 0 Å². The molecule has 50 valence electrons. The van der Waals surface area contributed by atoms with Crippen LogP contribution in [-0.2, 0) is 4.79 Å². The molecule has 0 fully saturated rings. The monoisotopic (exact) mass is 152 g/mol. The molecule has 2 heterocycles. The Bertz CT molecular complexity index is 277. The van der Waals surface area contributed by atoms with E-state index in [1.807, 2.05) is 6.08 Å². The number of rotatable bonds is 0. The minimum atomic E-state index is -0.157. The Morgan fingerprint density at radius 3 is 3.30 bits per heavy atom. The summed E-state index contributed by atoms with van der Waals surface area (Å²) in [6.45, 7) is 0. The minimum absolute atomic E-state index is 0.157. The number of aliphatic imine (C=N–C) groups is 2. The van der Waals surface area contributed by atoms with Gasteiger partial charge in [-0.3, -0.25) is 4.79 Å². The van der Waals surface area contributed by atoms with Crippen LogP contribution in [0.1, 0.15) is 0 Å². The zero-order valence-electron chi connectivity index (χ0n) is 5.07. The summed E-state index contributed by atoms with van der Waals surface area (Å²) >= 11 is 1.58. The van der Waals surface area contributed by atoms with Gasteiger partial charge in [0.1, 0.15) is 11.4 Å². The van der Waals surface area contributed by atoms with Gasteiger partial charge in [-0.05, 0) is 0 Å². The third kappa shape index (κ3) is 0.724. The van der Waals surface area contributed by atoms with Crippen molar-refractivity contribution in [3.8, 4) is 0 Å². The van der Waals surface area contributed by atoms with E-state index in [9.17, 15) is 4.79 Å². The Morgan fingerprint density at radius 1 is 1.60 bits per heavy atom. The van der Waals surface area contributed by atoms with Gasteiger partial charge in [-0.2, -0.15) is 4.99 Å². The van der Waals surface area contributed by atoms with E-state index in [-0.39, 0.29) is 5.91 Å². The van der Waals surface area contributed by atoms with Crippen molar-refractivity contribution in [2.45, 2.75) is 0 Å². The zero-order chi connectivity index (χ0) is 6.97. The molecule has 0 N–H and O–H groups in total. The second kappa shape index (κ2) is 2.05. The van der Waals surface area contributed by atoms with E-state index in [4.69, 9.17) is 0 Å². The lowest BCUT2D eigenvalue weighted by Gasteiger charge is -2.00. The molecule has 0 aliphatic carbocycles. The highest BCUT2D eigenvalue weighted by atomic mass is 32.2. The Kier molecular flexibility index (Phi) is 1.20. The fourth-order valence-corrected chi connectivity index (χ4v) is 1.71. The van der Waals surface area contributed by atoms with E-state index in [0.29, 0.717) is 5.57 Å². The molecular formula is C6H4N2OS. The van der Waals surface area contributed by atoms with Crippen molar-refractivity contribution in [2.75, 3.05) is 5.75 Å². The van der Waals surface area contributed by atoms with Crippen LogP contribution in [0.15, 0.2) is 21.6 Å². The highest BCUT2D eigenvalue weighted by molar-refractivity contribution is 8.15. The van der Waals surface area contributed by atoms with Crippen LogP contribution in [0.4, 0.5) is 0 Å². The average molecular weight is 152 g/mol. The van der Waals surface area contributed by atoms with Crippen LogP contribution in [-0.4, -0.2) is 23.0 Å². The third-order valence-electron chi connectivity index (χ3n) is 1.32. The first-order valence-corrected chi connectivity index (χ1v) is 3.84. The number of thioether (sulfide) groups is 1. The van der Waals surface area contributed by atoms with Gasteiger partial charge in [-0.1, -0.05) is 6.08 Å². The summed E-state index contributed by atoms with van der Waals surface area (Å²) in [6.07, 6.45) is 3.18. The molecule has 0 spiro atoms. The highest BCUT2D eigenvalue weighted by Crippen LogP contribution is 2.23. The summed E-state index contributed by atoms with van der Waals surface area (Å²) in [4.78, 5) is 18.4. The van der Waals surface area contributed by atoms with E-state index in [0.717, 1.165) is 10.8 Å². The fourth-order valence-electron chi connectivity index (χ4n) is 0.858. The molecule has 3 nitrogen and oxygen atoms in total. The molecule has 0 radical (unpaired) electrons. The number of amides is 1. The van der Waals surface area contributed by atoms with Crippen molar-refractivity contribution in [3.05, 3.63) is 11.6 Å². The number of carbonyl (C=O) groups is 1. The molecule has 2 aliphatic rings. The van der Waals surface area contributed by atoms with E-state index < -0.39 is 0 Å². The Balaban J connectivity index is 2.48. The SMILES string of the molecule is O=C1N=CN=C2SCC=C12. The van der Waals surface area contributed by atoms with Crippen LogP contribution in [0.2, 0.25) is 0 Å². The first kappa shape index (κ1) is 5.85. The molecule has 0 saturated heterocycles. The molecule has 0 unspecified atom stereocenters. The summed E-state index contributed by atoms with van der Waals surface area (Å²) < 4.78 is 0. The lowest BCUT2D eigenvalue weighted by molar-refractivity contribution is -0.113. The van der Waals surface area contributed by atoms with Gasteiger partial charge in [0.15, 0.2) is 0 Å². The quantitative estimate of drug-likeness (QED) is 0.510. The number of nitrogens with zero attached hydrogens (tertiary/aromatic N) is 2. The van der Waals surface area contributed by atoms with Crippen LogP contribution < -0.4 is 0 Å². The largest absolute Gasteiger partial charge is 0.280 e. The molecule has 2 aliphatic heterocycles. The summed E-state index contributed by atoms with van der Waals surface area (Å²) in [6, 6.07) is 0. The lowest BCUT2D eigenvalue weighted by atomic mass is 10.2. The molecule has 4 heteroatoms. The average Bonchev–Trinajstić information content (AvgIpc) is 2.36. The first-order valence-electron chi connectivity index (χ1n) is 2.86. The van der Waals surface area contributed by atoms with Gasteiger partial charge in [-0.15, -0.1) is 11.8 Å². The second-order valence-electron chi connectivity index (χ2n) is 1.91. The van der Waals surface area contributed by atoms with Crippen LogP contribution >= 0.6 is 11.8 Å². The topological polar surface area (TPSA) is 41.8 Å². The maximum Gasteiger partial charge on any atom is 0.280 e. The van der Waals surface area contributed by atoms with Crippen molar-refractivity contribution in [2.24, 2.45) is 9.98 Å². The predicted octanol–water partition coefficient (Wildman–Crippen LogP) is 0.627. The predicted molar refractivity (Wildman–Crippen MR) is 41.5 cm³/mol. The maximum atomic E-state index is 10.9. The van der Waals surface area contributed by atoms with E-state index in [2.05, 4.69) is 9.98 Å². The lowest BCUT2D eigenvalue weighted by Crippen LogP contribution is -2.08. The van der Waals surface area contributed by atoms with E-state index in [1.165, 1.54) is 6.34 Å². The van der Waals surface area contributed by atoms with Crippen molar-refractivity contribution in [1.29, 1.82) is 0 Å². The molecule has 0 aromatic heterocycles. The highest BCUT2D eigenvalue weighted by Gasteiger charge is 2.22. The van der Waals surface area contributed by atoms with Crippen molar-refractivity contribution in [1.82, 2.24) is 0 Å². The van der Waals surface area contributed by atoms with Crippen LogP contribution in [0.5, 0.6) is 0 Å². The van der Waals surface area contributed by atoms with Crippen molar-refractivity contribution in [3.63, 3.8) is 0 Å². The number of hydrogen-bond donors (Lipinski definition) is 0. The van der Waals surface area contributed by atoms with E-state index in [1.54, 1.807) is 11.8 Å². The molecule has 0 atom stereocenters. The summed E-state index contributed by atoms with van der Waals surface area (Å²) in [7, 11) is 0. The van der Waals surface area contributed by atoms with Crippen LogP contribution in [0.25, 0.3) is 0 Å². The summed E-state index contributed by atoms with van der Waals surface area (Å²) in [5, 5.41) is 0.819. The van der Waals surface area contributed by atoms with Gasteiger partial charge in [-0.25, -0.2) is 4.99 Å². The van der Waals surface area contributed by atoms with Crippen molar-refractivity contribution < 1.29 is 4.79 Å². The molecule has 1 amide bonds. The Hall–Kier alpha value is -0.900. The molecular weight excluding hydrogens is 148 g/mol. The molecule has 0 saturated carbocycles. The minimum Gasteiger partial charge on any atom is -0.267 e. The summed E-state index contributed by atoms with van der Waals surface area (Å²) in [5.41, 5.74) is 0.674. The fraction of sp³-hybridized carbons (Fsp3) is 0.167. The first-order chi connectivity index (χ1) is 4.88.